The van der Waals surface area contributed by atoms with Crippen molar-refractivity contribution in [3.8, 4) is 17.2 Å². The maximum absolute atomic E-state index is 12.5. The van der Waals surface area contributed by atoms with Crippen LogP contribution >= 0.6 is 23.4 Å². The van der Waals surface area contributed by atoms with Gasteiger partial charge < -0.3 is 19.5 Å². The van der Waals surface area contributed by atoms with Gasteiger partial charge in [-0.3, -0.25) is 4.79 Å². The number of methoxy groups -OCH3 is 1. The smallest absolute Gasteiger partial charge is 0.264 e. The predicted molar refractivity (Wildman–Crippen MR) is 137 cm³/mol. The minimum Gasteiger partial charge on any atom is -0.494 e. The average Bonchev–Trinajstić information content (AvgIpc) is 3.18. The molecule has 3 aromatic rings. The molecule has 34 heavy (non-hydrogen) atoms. The average molecular weight is 495 g/mol. The minimum absolute atomic E-state index is 0.201. The zero-order valence-electron chi connectivity index (χ0n) is 18.7. The quantitative estimate of drug-likeness (QED) is 0.376. The second kappa shape index (κ2) is 11.1. The van der Waals surface area contributed by atoms with E-state index in [0.717, 1.165) is 22.6 Å². The van der Waals surface area contributed by atoms with E-state index in [-0.39, 0.29) is 5.91 Å². The van der Waals surface area contributed by atoms with Crippen molar-refractivity contribution in [1.29, 1.82) is 0 Å². The van der Waals surface area contributed by atoms with Crippen molar-refractivity contribution in [2.24, 2.45) is 4.99 Å². The highest BCUT2D eigenvalue weighted by Gasteiger charge is 2.24. The summed E-state index contributed by atoms with van der Waals surface area (Å²) >= 11 is 7.49. The maximum Gasteiger partial charge on any atom is 0.264 e. The summed E-state index contributed by atoms with van der Waals surface area (Å²) in [5, 5.41) is 3.97. The van der Waals surface area contributed by atoms with Gasteiger partial charge in [-0.05, 0) is 72.8 Å². The van der Waals surface area contributed by atoms with E-state index in [1.807, 2.05) is 73.7 Å². The Bertz CT molecular complexity index is 1240. The molecule has 0 saturated carbocycles. The molecule has 1 amide bonds. The molecular formula is C26H23ClN2O4S. The number of ether oxygens (including phenoxy) is 3. The molecule has 4 rings (SSSR count). The molecule has 6 nitrogen and oxygen atoms in total. The molecule has 0 aliphatic carbocycles. The van der Waals surface area contributed by atoms with Crippen LogP contribution in [0, 0.1) is 0 Å². The van der Waals surface area contributed by atoms with Crippen LogP contribution in [-0.2, 0) is 11.4 Å². The third-order valence-corrected chi connectivity index (χ3v) is 6.13. The van der Waals surface area contributed by atoms with E-state index in [1.165, 1.54) is 11.8 Å². The van der Waals surface area contributed by atoms with Gasteiger partial charge in [0.15, 0.2) is 16.7 Å². The summed E-state index contributed by atoms with van der Waals surface area (Å²) in [5.74, 6) is 1.73. The lowest BCUT2D eigenvalue weighted by molar-refractivity contribution is -0.115. The first-order chi connectivity index (χ1) is 16.6. The van der Waals surface area contributed by atoms with Crippen molar-refractivity contribution < 1.29 is 19.0 Å². The second-order valence-corrected chi connectivity index (χ2v) is 8.64. The van der Waals surface area contributed by atoms with Gasteiger partial charge >= 0.3 is 0 Å². The Balaban J connectivity index is 1.46. The molecule has 0 spiro atoms. The number of hydrogen-bond donors (Lipinski definition) is 1. The Morgan fingerprint density at radius 1 is 1.03 bits per heavy atom. The Kier molecular flexibility index (Phi) is 7.77. The number of hydrogen-bond acceptors (Lipinski definition) is 6. The van der Waals surface area contributed by atoms with Crippen LogP contribution in [0.25, 0.3) is 6.08 Å². The molecule has 1 saturated heterocycles. The second-order valence-electron chi connectivity index (χ2n) is 7.20. The van der Waals surface area contributed by atoms with Gasteiger partial charge in [0.2, 0.25) is 0 Å². The molecule has 3 aromatic carbocycles. The number of nitrogens with one attached hydrogen (secondary N) is 1. The molecule has 1 aliphatic heterocycles. The highest BCUT2D eigenvalue weighted by Crippen LogP contribution is 2.33. The van der Waals surface area contributed by atoms with Crippen LogP contribution in [-0.4, -0.2) is 24.8 Å². The van der Waals surface area contributed by atoms with Gasteiger partial charge in [-0.1, -0.05) is 35.9 Å². The summed E-state index contributed by atoms with van der Waals surface area (Å²) in [6.07, 6.45) is 1.79. The highest BCUT2D eigenvalue weighted by atomic mass is 35.5. The molecular weight excluding hydrogens is 472 g/mol. The van der Waals surface area contributed by atoms with Crippen molar-refractivity contribution in [2.45, 2.75) is 13.5 Å². The number of amides is 1. The summed E-state index contributed by atoms with van der Waals surface area (Å²) in [6, 6.07) is 20.4. The largest absolute Gasteiger partial charge is 0.494 e. The molecule has 1 fully saturated rings. The fourth-order valence-electron chi connectivity index (χ4n) is 3.20. The third-order valence-electron chi connectivity index (χ3n) is 4.86. The predicted octanol–water partition coefficient (Wildman–Crippen LogP) is 6.22. The molecule has 174 valence electrons. The number of carbonyl (C=O) groups excluding carboxylic acids is 1. The first-order valence-electron chi connectivity index (χ1n) is 10.6. The number of halogens is 1. The van der Waals surface area contributed by atoms with Crippen LogP contribution in [0.15, 0.2) is 76.6 Å². The summed E-state index contributed by atoms with van der Waals surface area (Å²) in [5.41, 5.74) is 2.42. The van der Waals surface area contributed by atoms with Gasteiger partial charge in [-0.2, -0.15) is 0 Å². The van der Waals surface area contributed by atoms with E-state index in [4.69, 9.17) is 25.8 Å². The molecule has 0 aromatic heterocycles. The van der Waals surface area contributed by atoms with Crippen LogP contribution in [0.2, 0.25) is 5.02 Å². The Labute approximate surface area is 207 Å². The maximum atomic E-state index is 12.5. The molecule has 8 heteroatoms. The minimum atomic E-state index is -0.201. The van der Waals surface area contributed by atoms with E-state index in [9.17, 15) is 4.79 Å². The molecule has 1 aliphatic rings. The van der Waals surface area contributed by atoms with Crippen molar-refractivity contribution in [3.05, 3.63) is 87.8 Å². The van der Waals surface area contributed by atoms with E-state index in [1.54, 1.807) is 13.2 Å². The van der Waals surface area contributed by atoms with Crippen molar-refractivity contribution in [1.82, 2.24) is 5.32 Å². The Hall–Kier alpha value is -3.42. The standard InChI is InChI=1S/C26H23ClN2O4S/c1-3-32-20-11-9-19(10-12-20)28-26-29-25(30)24(34-26)15-17-8-13-22(23(14-17)31-2)33-16-18-6-4-5-7-21(18)27/h4-15H,3,16H2,1-2H3,(H,28,29,30)/b24-15+. The lowest BCUT2D eigenvalue weighted by Gasteiger charge is -2.12. The normalized spacial score (nSPS) is 15.4. The molecule has 1 heterocycles. The van der Waals surface area contributed by atoms with Gasteiger partial charge in [0, 0.05) is 10.6 Å². The first-order valence-corrected chi connectivity index (χ1v) is 11.8. The number of aliphatic imine (C=N–C) groups is 1. The zero-order valence-corrected chi connectivity index (χ0v) is 20.3. The number of benzene rings is 3. The molecule has 0 unspecified atom stereocenters. The topological polar surface area (TPSA) is 69.2 Å². The summed E-state index contributed by atoms with van der Waals surface area (Å²) in [7, 11) is 1.58. The zero-order chi connectivity index (χ0) is 23.9. The Morgan fingerprint density at radius 3 is 2.56 bits per heavy atom. The lowest BCUT2D eigenvalue weighted by Crippen LogP contribution is -2.19. The summed E-state index contributed by atoms with van der Waals surface area (Å²) in [6.45, 7) is 2.86. The van der Waals surface area contributed by atoms with Crippen LogP contribution in [0.3, 0.4) is 0 Å². The van der Waals surface area contributed by atoms with Crippen LogP contribution < -0.4 is 19.5 Å². The fraction of sp³-hybridized carbons (Fsp3) is 0.154. The molecule has 0 radical (unpaired) electrons. The SMILES string of the molecule is CCOc1ccc(N=C2NC(=O)/C(=C\c3ccc(OCc4ccccc4Cl)c(OC)c3)S2)cc1. The van der Waals surface area contributed by atoms with Crippen LogP contribution in [0.5, 0.6) is 17.2 Å². The van der Waals surface area contributed by atoms with E-state index in [0.29, 0.717) is 39.8 Å². The van der Waals surface area contributed by atoms with E-state index >= 15 is 0 Å². The van der Waals surface area contributed by atoms with Crippen LogP contribution in [0.1, 0.15) is 18.1 Å². The van der Waals surface area contributed by atoms with Gasteiger partial charge in [0.05, 0.1) is 24.3 Å². The van der Waals surface area contributed by atoms with Crippen LogP contribution in [0.4, 0.5) is 5.69 Å². The van der Waals surface area contributed by atoms with Gasteiger partial charge in [0.25, 0.3) is 5.91 Å². The summed E-state index contributed by atoms with van der Waals surface area (Å²) < 4.78 is 16.8. The monoisotopic (exact) mass is 494 g/mol. The number of thioether (sulfide) groups is 1. The highest BCUT2D eigenvalue weighted by molar-refractivity contribution is 8.18. The van der Waals surface area contributed by atoms with Crippen molar-refractivity contribution >= 4 is 46.2 Å². The molecule has 1 N–H and O–H groups in total. The fourth-order valence-corrected chi connectivity index (χ4v) is 4.23. The van der Waals surface area contributed by atoms with Crippen molar-refractivity contribution in [2.75, 3.05) is 13.7 Å². The number of rotatable bonds is 8. The van der Waals surface area contributed by atoms with Gasteiger partial charge in [-0.25, -0.2) is 4.99 Å². The molecule has 0 atom stereocenters. The summed E-state index contributed by atoms with van der Waals surface area (Å²) in [4.78, 5) is 17.5. The van der Waals surface area contributed by atoms with E-state index in [2.05, 4.69) is 10.3 Å². The third kappa shape index (κ3) is 5.92. The van der Waals surface area contributed by atoms with Gasteiger partial charge in [0.1, 0.15) is 12.4 Å². The Morgan fingerprint density at radius 2 is 1.82 bits per heavy atom. The van der Waals surface area contributed by atoms with Gasteiger partial charge in [-0.15, -0.1) is 0 Å². The number of amidine groups is 1. The van der Waals surface area contributed by atoms with E-state index < -0.39 is 0 Å². The van der Waals surface area contributed by atoms with Crippen molar-refractivity contribution in [3.63, 3.8) is 0 Å². The lowest BCUT2D eigenvalue weighted by atomic mass is 10.2. The first kappa shape index (κ1) is 23.7. The number of carbonyl (C=O) groups is 1. The molecule has 0 bridgehead atoms. The number of nitrogens with zero attached hydrogens (tertiary/aromatic N) is 1.